The largest absolute Gasteiger partial charge is 1.00 e. The number of ether oxygens (including phenoxy) is 4. The lowest BCUT2D eigenvalue weighted by Crippen LogP contribution is -3.00. The van der Waals surface area contributed by atoms with Gasteiger partial charge >= 0.3 is 0 Å². The van der Waals surface area contributed by atoms with Crippen LogP contribution in [0.5, 0.6) is 0 Å². The van der Waals surface area contributed by atoms with Gasteiger partial charge in [0.05, 0.1) is 41.4 Å². The Kier molecular flexibility index (Phi) is 13.6. The van der Waals surface area contributed by atoms with E-state index < -0.39 is 0 Å². The molecule has 2 saturated heterocycles. The zero-order valence-electron chi connectivity index (χ0n) is 23.9. The van der Waals surface area contributed by atoms with Gasteiger partial charge in [-0.05, 0) is 11.1 Å². The van der Waals surface area contributed by atoms with Crippen molar-refractivity contribution >= 4 is 11.6 Å². The third kappa shape index (κ3) is 10.4. The Labute approximate surface area is 259 Å². The Morgan fingerprint density at radius 3 is 1.30 bits per heavy atom. The number of likely N-dealkylation sites (N-methyl/N-ethyl adjacent to an activating group) is 2. The number of carbonyl (C=O) groups is 2. The second kappa shape index (κ2) is 15.7. The Hall–Kier alpha value is -1.50. The molecule has 222 valence electrons. The maximum Gasteiger partial charge on any atom is 0.216 e. The number of hydrogen-bond donors (Lipinski definition) is 0. The van der Waals surface area contributed by atoms with E-state index in [-0.39, 0.29) is 57.7 Å². The number of carbonyl (C=O) groups excluding carboxylic acids is 2. The van der Waals surface area contributed by atoms with Gasteiger partial charge in [0.2, 0.25) is 11.6 Å². The average molecular weight is 686 g/mol. The summed E-state index contributed by atoms with van der Waals surface area (Å²) in [4.78, 5) is 26.0. The summed E-state index contributed by atoms with van der Waals surface area (Å²) < 4.78 is 23.0. The summed E-state index contributed by atoms with van der Waals surface area (Å²) in [6.07, 6.45) is 1.96. The molecule has 0 saturated carbocycles. The fourth-order valence-electron chi connectivity index (χ4n) is 5.18. The quantitative estimate of drug-likeness (QED) is 0.191. The van der Waals surface area contributed by atoms with E-state index in [9.17, 15) is 9.59 Å². The summed E-state index contributed by atoms with van der Waals surface area (Å²) in [6, 6.07) is 15.4. The van der Waals surface area contributed by atoms with E-state index in [4.69, 9.17) is 18.9 Å². The van der Waals surface area contributed by atoms with Crippen LogP contribution in [0.1, 0.15) is 33.6 Å². The van der Waals surface area contributed by atoms with Gasteiger partial charge < -0.3 is 61.9 Å². The molecular weight excluding hydrogens is 644 g/mol. The molecule has 0 aromatic heterocycles. The first-order chi connectivity index (χ1) is 18.1. The lowest BCUT2D eigenvalue weighted by molar-refractivity contribution is -0.885. The van der Waals surface area contributed by atoms with Gasteiger partial charge in [-0.15, -0.1) is 0 Å². The molecule has 2 atom stereocenters. The lowest BCUT2D eigenvalue weighted by Gasteiger charge is -2.34. The van der Waals surface area contributed by atoms with E-state index in [0.717, 1.165) is 37.1 Å². The number of nitrogens with zero attached hydrogens (tertiary/aromatic N) is 2. The van der Waals surface area contributed by atoms with Crippen molar-refractivity contribution in [1.29, 1.82) is 0 Å². The zero-order valence-corrected chi connectivity index (χ0v) is 27.1. The molecular formula is C30H42Br2N2O6. The van der Waals surface area contributed by atoms with Gasteiger partial charge in [-0.2, -0.15) is 0 Å². The van der Waals surface area contributed by atoms with Crippen LogP contribution in [0.25, 0.3) is 11.1 Å². The minimum Gasteiger partial charge on any atom is -1.00 e. The molecule has 2 fully saturated rings. The molecule has 0 N–H and O–H groups in total. The first-order valence-corrected chi connectivity index (χ1v) is 13.4. The van der Waals surface area contributed by atoms with Gasteiger partial charge in [0.15, 0.2) is 0 Å². The van der Waals surface area contributed by atoms with Crippen LogP contribution in [0, 0.1) is 0 Å². The first kappa shape index (κ1) is 34.7. The van der Waals surface area contributed by atoms with Crippen molar-refractivity contribution in [2.75, 3.05) is 81.2 Å². The van der Waals surface area contributed by atoms with E-state index >= 15 is 0 Å². The van der Waals surface area contributed by atoms with E-state index in [1.807, 2.05) is 48.5 Å². The Morgan fingerprint density at radius 2 is 1.00 bits per heavy atom. The third-order valence-corrected chi connectivity index (χ3v) is 7.23. The number of Topliss-reactive ketones (excluding diaryl/α,β-unsaturated/α-hetero) is 2. The van der Waals surface area contributed by atoms with Crippen LogP contribution in [-0.4, -0.2) is 114 Å². The molecule has 4 rings (SSSR count). The molecule has 2 aromatic rings. The standard InChI is InChI=1S/C30H42N2O6.2BrH/c1-31(2,17-27-13-15-35-21-37-27)19-29(33)25-9-5-23(6-10-25)24-7-11-26(12-8-24)30(34)20-32(3,4)18-28-14-16-36-22-38-28;;/h5-12,27-28H,13-22H2,1-4H3;2*1H/q+2;;/p-2. The van der Waals surface area contributed by atoms with Crippen LogP contribution in [-0.2, 0) is 18.9 Å². The predicted octanol–water partition coefficient (Wildman–Crippen LogP) is -2.59. The number of hydrogen-bond acceptors (Lipinski definition) is 6. The molecule has 2 aliphatic rings. The molecule has 40 heavy (non-hydrogen) atoms. The van der Waals surface area contributed by atoms with E-state index in [1.165, 1.54) is 0 Å². The number of rotatable bonds is 11. The SMILES string of the molecule is C[N+](C)(CC(=O)c1ccc(-c2ccc(C(=O)C[N+](C)(C)CC3CCOCO3)cc2)cc1)CC1CCOCO1.[Br-].[Br-]. The summed E-state index contributed by atoms with van der Waals surface area (Å²) in [6.45, 7) is 4.45. The zero-order chi connectivity index (χ0) is 27.2. The first-order valence-electron chi connectivity index (χ1n) is 13.4. The lowest BCUT2D eigenvalue weighted by atomic mass is 10.00. The van der Waals surface area contributed by atoms with Gasteiger partial charge in [0.1, 0.15) is 52.0 Å². The molecule has 2 aliphatic heterocycles. The number of benzene rings is 2. The van der Waals surface area contributed by atoms with Crippen LogP contribution in [0.4, 0.5) is 0 Å². The second-order valence-corrected chi connectivity index (χ2v) is 11.8. The average Bonchev–Trinajstić information content (AvgIpc) is 2.89. The van der Waals surface area contributed by atoms with Gasteiger partial charge in [0, 0.05) is 24.0 Å². The van der Waals surface area contributed by atoms with Crippen LogP contribution < -0.4 is 34.0 Å². The van der Waals surface area contributed by atoms with Crippen molar-refractivity contribution in [3.05, 3.63) is 59.7 Å². The summed E-state index contributed by atoms with van der Waals surface area (Å²) in [5, 5.41) is 0. The number of ketones is 2. The number of halogens is 2. The fourth-order valence-corrected chi connectivity index (χ4v) is 5.18. The Bertz CT molecular complexity index is 993. The maximum atomic E-state index is 13.0. The minimum atomic E-state index is 0. The normalized spacial score (nSPS) is 19.7. The Morgan fingerprint density at radius 1 is 0.650 bits per heavy atom. The molecule has 0 amide bonds. The molecule has 0 bridgehead atoms. The maximum absolute atomic E-state index is 13.0. The summed E-state index contributed by atoms with van der Waals surface area (Å²) >= 11 is 0. The molecule has 0 aliphatic carbocycles. The number of quaternary nitrogens is 2. The van der Waals surface area contributed by atoms with Gasteiger partial charge in [-0.1, -0.05) is 48.5 Å². The fraction of sp³-hybridized carbons (Fsp3) is 0.533. The monoisotopic (exact) mass is 684 g/mol. The molecule has 2 heterocycles. The highest BCUT2D eigenvalue weighted by molar-refractivity contribution is 5.98. The topological polar surface area (TPSA) is 71.1 Å². The van der Waals surface area contributed by atoms with E-state index in [1.54, 1.807) is 0 Å². The summed E-state index contributed by atoms with van der Waals surface area (Å²) in [7, 11) is 8.25. The van der Waals surface area contributed by atoms with Crippen LogP contribution in [0.15, 0.2) is 48.5 Å². The highest BCUT2D eigenvalue weighted by atomic mass is 79.9. The van der Waals surface area contributed by atoms with Crippen molar-refractivity contribution < 1.29 is 71.5 Å². The van der Waals surface area contributed by atoms with Crippen LogP contribution in [0.3, 0.4) is 0 Å². The second-order valence-electron chi connectivity index (χ2n) is 11.8. The van der Waals surface area contributed by atoms with Crippen molar-refractivity contribution in [1.82, 2.24) is 0 Å². The Balaban J connectivity index is 0.00000280. The predicted molar refractivity (Wildman–Crippen MR) is 145 cm³/mol. The van der Waals surface area contributed by atoms with Crippen molar-refractivity contribution in [3.8, 4) is 11.1 Å². The summed E-state index contributed by atoms with van der Waals surface area (Å²) in [5.41, 5.74) is 3.43. The van der Waals surface area contributed by atoms with Crippen LogP contribution in [0.2, 0.25) is 0 Å². The molecule has 2 aromatic carbocycles. The van der Waals surface area contributed by atoms with Gasteiger partial charge in [-0.3, -0.25) is 9.59 Å². The van der Waals surface area contributed by atoms with Crippen molar-refractivity contribution in [2.45, 2.75) is 25.0 Å². The molecule has 2 unspecified atom stereocenters. The molecule has 0 spiro atoms. The molecule has 10 heteroatoms. The summed E-state index contributed by atoms with van der Waals surface area (Å²) in [5.74, 6) is 0.225. The van der Waals surface area contributed by atoms with Crippen molar-refractivity contribution in [3.63, 3.8) is 0 Å². The molecule has 0 radical (unpaired) electrons. The van der Waals surface area contributed by atoms with Crippen molar-refractivity contribution in [2.24, 2.45) is 0 Å². The smallest absolute Gasteiger partial charge is 0.216 e. The highest BCUT2D eigenvalue weighted by Crippen LogP contribution is 2.22. The van der Waals surface area contributed by atoms with E-state index in [0.29, 0.717) is 60.0 Å². The third-order valence-electron chi connectivity index (χ3n) is 7.23. The van der Waals surface area contributed by atoms with Gasteiger partial charge in [0.25, 0.3) is 0 Å². The minimum absolute atomic E-state index is 0. The van der Waals surface area contributed by atoms with Crippen LogP contribution >= 0.6 is 0 Å². The van der Waals surface area contributed by atoms with E-state index in [2.05, 4.69) is 28.2 Å². The highest BCUT2D eigenvalue weighted by Gasteiger charge is 2.29. The molecule has 8 nitrogen and oxygen atoms in total. The van der Waals surface area contributed by atoms with Gasteiger partial charge in [-0.25, -0.2) is 0 Å².